The first-order valence-electron chi connectivity index (χ1n) is 6.98. The van der Waals surface area contributed by atoms with Gasteiger partial charge in [0, 0.05) is 31.9 Å². The Morgan fingerprint density at radius 1 is 1.08 bits per heavy atom. The predicted octanol–water partition coefficient (Wildman–Crippen LogP) is 2.37. The molecule has 0 saturated heterocycles. The van der Waals surface area contributed by atoms with Crippen LogP contribution < -0.4 is 4.31 Å². The molecule has 1 aromatic carbocycles. The zero-order valence-electron chi connectivity index (χ0n) is 13.2. The number of nitrogens with zero attached hydrogens (tertiary/aromatic N) is 2. The minimum Gasteiger partial charge on any atom is -0.293 e. The number of thioether (sulfide) groups is 1. The van der Waals surface area contributed by atoms with Gasteiger partial charge in [0.05, 0.1) is 16.3 Å². The SMILES string of the molecule is CC(=O)SCC(=O)c1ccc(N(C)S(=O)(=O)c2ccncc2)cc1. The van der Waals surface area contributed by atoms with E-state index >= 15 is 0 Å². The summed E-state index contributed by atoms with van der Waals surface area (Å²) in [5, 5.41) is -0.122. The molecular formula is C16H16N2O4S2. The van der Waals surface area contributed by atoms with Crippen molar-refractivity contribution in [3.8, 4) is 0 Å². The van der Waals surface area contributed by atoms with Crippen molar-refractivity contribution in [2.75, 3.05) is 17.1 Å². The normalized spacial score (nSPS) is 11.1. The van der Waals surface area contributed by atoms with Gasteiger partial charge in [0.25, 0.3) is 10.0 Å². The molecule has 0 bridgehead atoms. The Morgan fingerprint density at radius 2 is 1.67 bits per heavy atom. The van der Waals surface area contributed by atoms with Gasteiger partial charge in [0.1, 0.15) is 0 Å². The summed E-state index contributed by atoms with van der Waals surface area (Å²) < 4.78 is 26.2. The number of hydrogen-bond acceptors (Lipinski definition) is 6. The summed E-state index contributed by atoms with van der Waals surface area (Å²) in [6.07, 6.45) is 2.82. The Balaban J connectivity index is 2.18. The number of ketones is 1. The van der Waals surface area contributed by atoms with Crippen molar-refractivity contribution < 1.29 is 18.0 Å². The Bertz CT molecular complexity index is 834. The number of carbonyl (C=O) groups is 2. The van der Waals surface area contributed by atoms with Crippen LogP contribution in [-0.4, -0.2) is 37.1 Å². The molecule has 6 nitrogen and oxygen atoms in total. The lowest BCUT2D eigenvalue weighted by Gasteiger charge is -2.19. The summed E-state index contributed by atoms with van der Waals surface area (Å²) in [6, 6.07) is 9.06. The van der Waals surface area contributed by atoms with E-state index in [1.54, 1.807) is 24.3 Å². The first kappa shape index (κ1) is 18.2. The molecule has 0 saturated carbocycles. The molecule has 0 aliphatic carbocycles. The van der Waals surface area contributed by atoms with Gasteiger partial charge in [0.2, 0.25) is 0 Å². The zero-order chi connectivity index (χ0) is 17.7. The Morgan fingerprint density at radius 3 is 2.21 bits per heavy atom. The Hall–Kier alpha value is -2.19. The fraction of sp³-hybridized carbons (Fsp3) is 0.188. The molecule has 0 aliphatic rings. The third kappa shape index (κ3) is 4.21. The number of pyridine rings is 1. The van der Waals surface area contributed by atoms with Gasteiger partial charge in [-0.15, -0.1) is 0 Å². The van der Waals surface area contributed by atoms with Gasteiger partial charge in [-0.1, -0.05) is 11.8 Å². The standard InChI is InChI=1S/C16H16N2O4S2/c1-12(19)23-11-16(20)13-3-5-14(6-4-13)18(2)24(21,22)15-7-9-17-10-8-15/h3-10H,11H2,1-2H3. The minimum atomic E-state index is -3.69. The molecule has 0 radical (unpaired) electrons. The maximum atomic E-state index is 12.5. The quantitative estimate of drug-likeness (QED) is 0.732. The average Bonchev–Trinajstić information content (AvgIpc) is 2.59. The second kappa shape index (κ2) is 7.59. The van der Waals surface area contributed by atoms with Crippen molar-refractivity contribution in [1.29, 1.82) is 0 Å². The Labute approximate surface area is 144 Å². The van der Waals surface area contributed by atoms with Crippen LogP contribution in [0.25, 0.3) is 0 Å². The van der Waals surface area contributed by atoms with Crippen LogP contribution in [0.1, 0.15) is 17.3 Å². The molecule has 0 N–H and O–H groups in total. The van der Waals surface area contributed by atoms with Crippen LogP contribution in [0, 0.1) is 0 Å². The summed E-state index contributed by atoms with van der Waals surface area (Å²) in [5.41, 5.74) is 0.866. The molecule has 0 unspecified atom stereocenters. The van der Waals surface area contributed by atoms with E-state index < -0.39 is 10.0 Å². The van der Waals surface area contributed by atoms with Gasteiger partial charge in [-0.3, -0.25) is 18.9 Å². The van der Waals surface area contributed by atoms with E-state index in [2.05, 4.69) is 4.98 Å². The number of benzene rings is 1. The van der Waals surface area contributed by atoms with E-state index in [0.29, 0.717) is 11.3 Å². The van der Waals surface area contributed by atoms with Gasteiger partial charge in [-0.05, 0) is 36.4 Å². The number of hydrogen-bond donors (Lipinski definition) is 0. The molecule has 2 aromatic rings. The van der Waals surface area contributed by atoms with Gasteiger partial charge >= 0.3 is 0 Å². The van der Waals surface area contributed by atoms with E-state index in [4.69, 9.17) is 0 Å². The fourth-order valence-corrected chi connectivity index (χ4v) is 3.60. The minimum absolute atomic E-state index is 0.0693. The topological polar surface area (TPSA) is 84.4 Å². The molecule has 2 rings (SSSR count). The molecule has 1 heterocycles. The van der Waals surface area contributed by atoms with Gasteiger partial charge in [-0.2, -0.15) is 0 Å². The highest BCUT2D eigenvalue weighted by atomic mass is 32.2. The lowest BCUT2D eigenvalue weighted by molar-refractivity contribution is -0.109. The van der Waals surface area contributed by atoms with Gasteiger partial charge in [0.15, 0.2) is 10.9 Å². The maximum Gasteiger partial charge on any atom is 0.264 e. The molecule has 24 heavy (non-hydrogen) atoms. The summed E-state index contributed by atoms with van der Waals surface area (Å²) in [7, 11) is -2.24. The first-order chi connectivity index (χ1) is 11.3. The maximum absolute atomic E-state index is 12.5. The zero-order valence-corrected chi connectivity index (χ0v) is 14.8. The van der Waals surface area contributed by atoms with Gasteiger partial charge in [-0.25, -0.2) is 8.42 Å². The van der Waals surface area contributed by atoms with Crippen LogP contribution >= 0.6 is 11.8 Å². The molecular weight excluding hydrogens is 348 g/mol. The lowest BCUT2D eigenvalue weighted by Crippen LogP contribution is -2.26. The molecule has 0 spiro atoms. The van der Waals surface area contributed by atoms with Crippen molar-refractivity contribution in [3.63, 3.8) is 0 Å². The molecule has 1 aromatic heterocycles. The molecule has 0 aliphatic heterocycles. The highest BCUT2D eigenvalue weighted by Crippen LogP contribution is 2.22. The summed E-state index contributed by atoms with van der Waals surface area (Å²) in [5.74, 6) is -0.110. The van der Waals surface area contributed by atoms with Crippen molar-refractivity contribution >= 4 is 38.4 Å². The highest BCUT2D eigenvalue weighted by Gasteiger charge is 2.21. The van der Waals surface area contributed by atoms with E-state index in [1.807, 2.05) is 0 Å². The second-order valence-electron chi connectivity index (χ2n) is 4.91. The number of rotatable bonds is 6. The summed E-state index contributed by atoms with van der Waals surface area (Å²) in [6.45, 7) is 1.40. The van der Waals surface area contributed by atoms with Crippen LogP contribution in [0.4, 0.5) is 5.69 Å². The largest absolute Gasteiger partial charge is 0.293 e. The van der Waals surface area contributed by atoms with E-state index in [9.17, 15) is 18.0 Å². The van der Waals surface area contributed by atoms with Crippen LogP contribution in [0.2, 0.25) is 0 Å². The molecule has 0 atom stereocenters. The molecule has 0 fully saturated rings. The number of anilines is 1. The first-order valence-corrected chi connectivity index (χ1v) is 9.40. The van der Waals surface area contributed by atoms with Crippen LogP contribution in [0.5, 0.6) is 0 Å². The summed E-state index contributed by atoms with van der Waals surface area (Å²) in [4.78, 5) is 26.8. The molecule has 126 valence electrons. The number of aromatic nitrogens is 1. The smallest absolute Gasteiger partial charge is 0.264 e. The number of sulfonamides is 1. The van der Waals surface area contributed by atoms with Crippen molar-refractivity contribution in [2.24, 2.45) is 0 Å². The molecule has 0 amide bonds. The highest BCUT2D eigenvalue weighted by molar-refractivity contribution is 8.14. The van der Waals surface area contributed by atoms with E-state index in [-0.39, 0.29) is 21.5 Å². The van der Waals surface area contributed by atoms with Crippen molar-refractivity contribution in [2.45, 2.75) is 11.8 Å². The average molecular weight is 364 g/mol. The number of Topliss-reactive ketones (excluding diaryl/α,β-unsaturated/α-hetero) is 1. The predicted molar refractivity (Wildman–Crippen MR) is 93.7 cm³/mol. The monoisotopic (exact) mass is 364 g/mol. The lowest BCUT2D eigenvalue weighted by atomic mass is 10.1. The van der Waals surface area contributed by atoms with E-state index in [0.717, 1.165) is 16.1 Å². The van der Waals surface area contributed by atoms with Crippen LogP contribution in [-0.2, 0) is 14.8 Å². The second-order valence-corrected chi connectivity index (χ2v) is 8.03. The van der Waals surface area contributed by atoms with Gasteiger partial charge < -0.3 is 0 Å². The number of carbonyl (C=O) groups excluding carboxylic acids is 2. The third-order valence-electron chi connectivity index (χ3n) is 3.27. The van der Waals surface area contributed by atoms with Crippen LogP contribution in [0.15, 0.2) is 53.7 Å². The Kier molecular flexibility index (Phi) is 5.74. The van der Waals surface area contributed by atoms with Crippen molar-refractivity contribution in [1.82, 2.24) is 4.98 Å². The molecule has 8 heteroatoms. The van der Waals surface area contributed by atoms with Crippen LogP contribution in [0.3, 0.4) is 0 Å². The fourth-order valence-electron chi connectivity index (χ4n) is 1.91. The third-order valence-corrected chi connectivity index (χ3v) is 5.88. The van der Waals surface area contributed by atoms with E-state index in [1.165, 1.54) is 38.5 Å². The van der Waals surface area contributed by atoms with Crippen molar-refractivity contribution in [3.05, 3.63) is 54.4 Å². The summed E-state index contributed by atoms with van der Waals surface area (Å²) >= 11 is 0.946.